The molecule has 0 fully saturated rings. The minimum atomic E-state index is -0.555. The van der Waals surface area contributed by atoms with Gasteiger partial charge in [0.15, 0.2) is 6.10 Å². The van der Waals surface area contributed by atoms with Crippen LogP contribution in [0.3, 0.4) is 0 Å². The number of amides is 1. The number of carbonyl (C=O) groups excluding carboxylic acids is 1. The monoisotopic (exact) mass is 210 g/mol. The van der Waals surface area contributed by atoms with Crippen molar-refractivity contribution >= 4 is 17.3 Å². The first-order valence-corrected chi connectivity index (χ1v) is 4.58. The average Bonchev–Trinajstić information content (AvgIpc) is 2.35. The Hall–Kier alpha value is -1.62. The Morgan fingerprint density at radius 3 is 3.00 bits per heavy atom. The highest BCUT2D eigenvalue weighted by Gasteiger charge is 2.22. The number of benzene rings is 1. The summed E-state index contributed by atoms with van der Waals surface area (Å²) in [4.78, 5) is 11.5. The zero-order chi connectivity index (χ0) is 10.8. The molecule has 15 heavy (non-hydrogen) atoms. The van der Waals surface area contributed by atoms with Crippen LogP contribution in [0.1, 0.15) is 0 Å². The quantitative estimate of drug-likeness (QED) is 0.732. The predicted octanol–water partition coefficient (Wildman–Crippen LogP) is 1.20. The third kappa shape index (κ3) is 1.92. The number of carbonyl (C=O) groups is 1. The Labute approximate surface area is 86.4 Å². The normalized spacial score (nSPS) is 19.9. The van der Waals surface area contributed by atoms with Crippen molar-refractivity contribution in [3.05, 3.63) is 24.0 Å². The SMILES string of the molecule is COC1CNc2ccc(F)cc2NC1=O. The van der Waals surface area contributed by atoms with Gasteiger partial charge in [0, 0.05) is 7.11 Å². The molecule has 0 aliphatic carbocycles. The second-order valence-corrected chi connectivity index (χ2v) is 3.28. The Kier molecular flexibility index (Phi) is 2.55. The van der Waals surface area contributed by atoms with Gasteiger partial charge < -0.3 is 15.4 Å². The molecule has 2 N–H and O–H groups in total. The van der Waals surface area contributed by atoms with Crippen molar-refractivity contribution in [2.45, 2.75) is 6.10 Å². The highest BCUT2D eigenvalue weighted by molar-refractivity contribution is 5.98. The van der Waals surface area contributed by atoms with Crippen LogP contribution in [0.25, 0.3) is 0 Å². The lowest BCUT2D eigenvalue weighted by Gasteiger charge is -2.09. The average molecular weight is 210 g/mol. The summed E-state index contributed by atoms with van der Waals surface area (Å²) in [5, 5.41) is 5.61. The van der Waals surface area contributed by atoms with Gasteiger partial charge in [0.1, 0.15) is 5.82 Å². The highest BCUT2D eigenvalue weighted by atomic mass is 19.1. The fraction of sp³-hybridized carbons (Fsp3) is 0.300. The van der Waals surface area contributed by atoms with Crippen LogP contribution in [0.15, 0.2) is 18.2 Å². The summed E-state index contributed by atoms with van der Waals surface area (Å²) in [5.74, 6) is -0.652. The Bertz CT molecular complexity index is 395. The van der Waals surface area contributed by atoms with Gasteiger partial charge in [0.25, 0.3) is 5.91 Å². The van der Waals surface area contributed by atoms with Gasteiger partial charge in [0.2, 0.25) is 0 Å². The third-order valence-electron chi connectivity index (χ3n) is 2.29. The Morgan fingerprint density at radius 2 is 2.27 bits per heavy atom. The molecule has 1 amide bonds. The van der Waals surface area contributed by atoms with Gasteiger partial charge in [-0.1, -0.05) is 0 Å². The van der Waals surface area contributed by atoms with Crippen molar-refractivity contribution in [3.8, 4) is 0 Å². The number of ether oxygens (including phenoxy) is 1. The molecule has 1 aromatic rings. The van der Waals surface area contributed by atoms with Crippen molar-refractivity contribution in [2.75, 3.05) is 24.3 Å². The molecule has 1 aliphatic heterocycles. The van der Waals surface area contributed by atoms with E-state index in [2.05, 4.69) is 10.6 Å². The van der Waals surface area contributed by atoms with E-state index in [1.165, 1.54) is 19.2 Å². The minimum absolute atomic E-state index is 0.269. The number of rotatable bonds is 1. The zero-order valence-corrected chi connectivity index (χ0v) is 8.21. The molecule has 1 unspecified atom stereocenters. The van der Waals surface area contributed by atoms with Crippen LogP contribution in [0.5, 0.6) is 0 Å². The lowest BCUT2D eigenvalue weighted by Crippen LogP contribution is -2.32. The maximum Gasteiger partial charge on any atom is 0.255 e. The van der Waals surface area contributed by atoms with E-state index < -0.39 is 6.10 Å². The third-order valence-corrected chi connectivity index (χ3v) is 2.29. The van der Waals surface area contributed by atoms with Crippen LogP contribution < -0.4 is 10.6 Å². The summed E-state index contributed by atoms with van der Waals surface area (Å²) < 4.78 is 17.9. The van der Waals surface area contributed by atoms with Crippen LogP contribution in [0, 0.1) is 5.82 Å². The van der Waals surface area contributed by atoms with Gasteiger partial charge in [0.05, 0.1) is 17.9 Å². The smallest absolute Gasteiger partial charge is 0.255 e. The van der Waals surface area contributed by atoms with Crippen molar-refractivity contribution in [1.82, 2.24) is 0 Å². The van der Waals surface area contributed by atoms with Crippen molar-refractivity contribution in [1.29, 1.82) is 0 Å². The standard InChI is InChI=1S/C10H11FN2O2/c1-15-9-5-12-7-3-2-6(11)4-8(7)13-10(9)14/h2-4,9,12H,5H2,1H3,(H,13,14). The number of fused-ring (bicyclic) bond motifs is 1. The molecule has 4 nitrogen and oxygen atoms in total. The topological polar surface area (TPSA) is 50.4 Å². The van der Waals surface area contributed by atoms with Crippen LogP contribution in [0.4, 0.5) is 15.8 Å². The van der Waals surface area contributed by atoms with E-state index in [4.69, 9.17) is 4.74 Å². The summed E-state index contributed by atoms with van der Waals surface area (Å²) in [7, 11) is 1.46. The summed E-state index contributed by atoms with van der Waals surface area (Å²) in [6, 6.07) is 4.20. The molecule has 0 aromatic heterocycles. The molecule has 0 radical (unpaired) electrons. The molecule has 1 aromatic carbocycles. The van der Waals surface area contributed by atoms with Crippen molar-refractivity contribution < 1.29 is 13.9 Å². The molecule has 1 heterocycles. The van der Waals surface area contributed by atoms with Crippen LogP contribution in [-0.4, -0.2) is 25.7 Å². The van der Waals surface area contributed by atoms with Gasteiger partial charge in [-0.05, 0) is 18.2 Å². The Morgan fingerprint density at radius 1 is 1.47 bits per heavy atom. The summed E-state index contributed by atoms with van der Waals surface area (Å²) in [6.45, 7) is 0.376. The van der Waals surface area contributed by atoms with Gasteiger partial charge in [-0.3, -0.25) is 4.79 Å². The molecule has 2 rings (SSSR count). The number of halogens is 1. The predicted molar refractivity (Wildman–Crippen MR) is 54.3 cm³/mol. The first-order chi connectivity index (χ1) is 7.20. The zero-order valence-electron chi connectivity index (χ0n) is 8.21. The maximum atomic E-state index is 12.9. The fourth-order valence-electron chi connectivity index (χ4n) is 1.47. The van der Waals surface area contributed by atoms with Crippen molar-refractivity contribution in [3.63, 3.8) is 0 Å². The number of methoxy groups -OCH3 is 1. The van der Waals surface area contributed by atoms with E-state index in [1.54, 1.807) is 6.07 Å². The van der Waals surface area contributed by atoms with Crippen molar-refractivity contribution in [2.24, 2.45) is 0 Å². The first kappa shape index (κ1) is 9.92. The largest absolute Gasteiger partial charge is 0.380 e. The lowest BCUT2D eigenvalue weighted by molar-refractivity contribution is -0.124. The minimum Gasteiger partial charge on any atom is -0.380 e. The van der Waals surface area contributed by atoms with Gasteiger partial charge in [-0.25, -0.2) is 4.39 Å². The number of anilines is 2. The maximum absolute atomic E-state index is 12.9. The summed E-state index contributed by atoms with van der Waals surface area (Å²) in [6.07, 6.45) is -0.555. The molecule has 1 atom stereocenters. The molecule has 80 valence electrons. The van der Waals surface area contributed by atoms with E-state index in [1.807, 2.05) is 0 Å². The van der Waals surface area contributed by atoms with E-state index in [0.717, 1.165) is 0 Å². The summed E-state index contributed by atoms with van der Waals surface area (Å²) in [5.41, 5.74) is 1.14. The second kappa shape index (κ2) is 3.86. The number of hydrogen-bond acceptors (Lipinski definition) is 3. The summed E-state index contributed by atoms with van der Waals surface area (Å²) >= 11 is 0. The van der Waals surface area contributed by atoms with E-state index in [-0.39, 0.29) is 11.7 Å². The fourth-order valence-corrected chi connectivity index (χ4v) is 1.47. The molecule has 0 spiro atoms. The van der Waals surface area contributed by atoms with Crippen LogP contribution in [-0.2, 0) is 9.53 Å². The second-order valence-electron chi connectivity index (χ2n) is 3.28. The molecule has 5 heteroatoms. The van der Waals surface area contributed by atoms with Crippen LogP contribution in [0.2, 0.25) is 0 Å². The molecular weight excluding hydrogens is 199 g/mol. The molecular formula is C10H11FN2O2. The van der Waals surface area contributed by atoms with Gasteiger partial charge in [-0.2, -0.15) is 0 Å². The first-order valence-electron chi connectivity index (χ1n) is 4.58. The molecule has 0 saturated heterocycles. The van der Waals surface area contributed by atoms with Gasteiger partial charge >= 0.3 is 0 Å². The van der Waals surface area contributed by atoms with Crippen LogP contribution >= 0.6 is 0 Å². The molecule has 0 bridgehead atoms. The number of hydrogen-bond donors (Lipinski definition) is 2. The van der Waals surface area contributed by atoms with E-state index in [0.29, 0.717) is 17.9 Å². The van der Waals surface area contributed by atoms with E-state index in [9.17, 15) is 9.18 Å². The molecule has 0 saturated carbocycles. The van der Waals surface area contributed by atoms with Gasteiger partial charge in [-0.15, -0.1) is 0 Å². The van der Waals surface area contributed by atoms with E-state index >= 15 is 0 Å². The Balaban J connectivity index is 2.31. The highest BCUT2D eigenvalue weighted by Crippen LogP contribution is 2.25. The lowest BCUT2D eigenvalue weighted by atomic mass is 10.2. The molecule has 1 aliphatic rings. The number of nitrogens with one attached hydrogen (secondary N) is 2.